The molecule has 2 aliphatic heterocycles. The van der Waals surface area contributed by atoms with E-state index in [2.05, 4.69) is 5.32 Å². The van der Waals surface area contributed by atoms with Crippen molar-refractivity contribution in [3.8, 4) is 0 Å². The lowest BCUT2D eigenvalue weighted by Gasteiger charge is -2.34. The number of rotatable bonds is 2. The number of ether oxygens (including phenoxy) is 1. The topological polar surface area (TPSA) is 61.8 Å². The number of aliphatic hydroxyl groups is 1. The van der Waals surface area contributed by atoms with Crippen LogP contribution < -0.4 is 5.32 Å². The first kappa shape index (κ1) is 13.4. The average molecular weight is 276 g/mol. The molecule has 5 nitrogen and oxygen atoms in total. The van der Waals surface area contributed by atoms with E-state index < -0.39 is 0 Å². The van der Waals surface area contributed by atoms with Gasteiger partial charge in [0.25, 0.3) is 5.91 Å². The second-order valence-corrected chi connectivity index (χ2v) is 5.31. The highest BCUT2D eigenvalue weighted by Crippen LogP contribution is 2.24. The van der Waals surface area contributed by atoms with Crippen molar-refractivity contribution >= 4 is 11.6 Å². The number of amides is 1. The number of anilines is 1. The van der Waals surface area contributed by atoms with Gasteiger partial charge >= 0.3 is 0 Å². The fraction of sp³-hybridized carbons (Fsp3) is 0.533. The van der Waals surface area contributed by atoms with Crippen molar-refractivity contribution < 1.29 is 14.6 Å². The van der Waals surface area contributed by atoms with Crippen LogP contribution in [0.4, 0.5) is 5.69 Å². The van der Waals surface area contributed by atoms with Crippen LogP contribution in [-0.2, 0) is 11.2 Å². The van der Waals surface area contributed by atoms with Gasteiger partial charge in [-0.3, -0.25) is 4.79 Å². The van der Waals surface area contributed by atoms with Crippen molar-refractivity contribution in [1.29, 1.82) is 0 Å². The molecular formula is C15H20N2O3. The highest BCUT2D eigenvalue weighted by atomic mass is 16.5. The van der Waals surface area contributed by atoms with E-state index in [-0.39, 0.29) is 18.6 Å². The minimum Gasteiger partial charge on any atom is -0.394 e. The molecule has 1 aromatic carbocycles. The van der Waals surface area contributed by atoms with Gasteiger partial charge in [0, 0.05) is 24.3 Å². The van der Waals surface area contributed by atoms with Gasteiger partial charge in [-0.05, 0) is 36.6 Å². The minimum atomic E-state index is -0.231. The summed E-state index contributed by atoms with van der Waals surface area (Å²) in [6.07, 6.45) is 2.11. The summed E-state index contributed by atoms with van der Waals surface area (Å²) in [4.78, 5) is 14.3. The Kier molecular flexibility index (Phi) is 3.89. The van der Waals surface area contributed by atoms with Gasteiger partial charge in [-0.15, -0.1) is 0 Å². The van der Waals surface area contributed by atoms with Gasteiger partial charge in [-0.1, -0.05) is 0 Å². The number of carbonyl (C=O) groups excluding carboxylic acids is 1. The Morgan fingerprint density at radius 3 is 3.25 bits per heavy atom. The van der Waals surface area contributed by atoms with Gasteiger partial charge in [-0.25, -0.2) is 0 Å². The molecule has 2 heterocycles. The van der Waals surface area contributed by atoms with Gasteiger partial charge in [0.1, 0.15) is 0 Å². The lowest BCUT2D eigenvalue weighted by atomic mass is 10.00. The lowest BCUT2D eigenvalue weighted by Crippen LogP contribution is -2.50. The largest absolute Gasteiger partial charge is 0.394 e. The van der Waals surface area contributed by atoms with Gasteiger partial charge in [0.15, 0.2) is 0 Å². The van der Waals surface area contributed by atoms with Gasteiger partial charge in [0.05, 0.1) is 25.9 Å². The number of nitrogens with zero attached hydrogens (tertiary/aromatic N) is 1. The fourth-order valence-electron chi connectivity index (χ4n) is 2.85. The second kappa shape index (κ2) is 5.81. The first-order valence-corrected chi connectivity index (χ1v) is 7.16. The van der Waals surface area contributed by atoms with E-state index in [4.69, 9.17) is 4.74 Å². The molecule has 3 rings (SSSR count). The third-order valence-electron chi connectivity index (χ3n) is 3.99. The molecule has 0 aromatic heterocycles. The predicted molar refractivity (Wildman–Crippen MR) is 76.0 cm³/mol. The zero-order chi connectivity index (χ0) is 13.9. The van der Waals surface area contributed by atoms with Gasteiger partial charge < -0.3 is 20.1 Å². The first-order valence-electron chi connectivity index (χ1n) is 7.16. The monoisotopic (exact) mass is 276 g/mol. The molecule has 2 N–H and O–H groups in total. The maximum atomic E-state index is 12.6. The van der Waals surface area contributed by atoms with E-state index in [1.165, 1.54) is 5.56 Å². The van der Waals surface area contributed by atoms with E-state index >= 15 is 0 Å². The fourth-order valence-corrected chi connectivity index (χ4v) is 2.85. The van der Waals surface area contributed by atoms with E-state index in [1.807, 2.05) is 18.2 Å². The third kappa shape index (κ3) is 2.51. The summed E-state index contributed by atoms with van der Waals surface area (Å²) in [7, 11) is 0. The molecule has 1 amide bonds. The maximum absolute atomic E-state index is 12.6. The Morgan fingerprint density at radius 1 is 1.50 bits per heavy atom. The molecule has 0 saturated carbocycles. The maximum Gasteiger partial charge on any atom is 0.254 e. The number of fused-ring (bicyclic) bond motifs is 1. The summed E-state index contributed by atoms with van der Waals surface area (Å²) in [5.74, 6) is -0.0132. The molecule has 1 atom stereocenters. The Labute approximate surface area is 118 Å². The number of aliphatic hydroxyl groups excluding tert-OH is 1. The van der Waals surface area contributed by atoms with Crippen LogP contribution >= 0.6 is 0 Å². The summed E-state index contributed by atoms with van der Waals surface area (Å²) in [5.41, 5.74) is 3.04. The standard InChI is InChI=1S/C15H20N2O3/c18-9-13-10-20-7-6-17(13)15(19)12-3-4-14-11(8-12)2-1-5-16-14/h3-4,8,13,16,18H,1-2,5-7,9-10H2. The molecule has 0 bridgehead atoms. The number of carbonyl (C=O) groups is 1. The minimum absolute atomic E-state index is 0.0132. The van der Waals surface area contributed by atoms with Crippen LogP contribution in [0.1, 0.15) is 22.3 Å². The summed E-state index contributed by atoms with van der Waals surface area (Å²) in [6, 6.07) is 5.60. The summed E-state index contributed by atoms with van der Waals surface area (Å²) in [6.45, 7) is 2.43. The number of aryl methyl sites for hydroxylation is 1. The van der Waals surface area contributed by atoms with Crippen LogP contribution in [0, 0.1) is 0 Å². The highest BCUT2D eigenvalue weighted by molar-refractivity contribution is 5.95. The van der Waals surface area contributed by atoms with Crippen LogP contribution in [-0.4, -0.2) is 54.9 Å². The summed E-state index contributed by atoms with van der Waals surface area (Å²) < 4.78 is 5.32. The Morgan fingerprint density at radius 2 is 2.40 bits per heavy atom. The Bertz CT molecular complexity index is 504. The van der Waals surface area contributed by atoms with Crippen LogP contribution in [0.15, 0.2) is 18.2 Å². The molecule has 1 fully saturated rings. The number of morpholine rings is 1. The molecule has 20 heavy (non-hydrogen) atoms. The molecule has 1 aromatic rings. The summed E-state index contributed by atoms with van der Waals surface area (Å²) >= 11 is 0. The van der Waals surface area contributed by atoms with Crippen molar-refractivity contribution in [2.24, 2.45) is 0 Å². The molecule has 1 unspecified atom stereocenters. The zero-order valence-corrected chi connectivity index (χ0v) is 11.5. The smallest absolute Gasteiger partial charge is 0.254 e. The van der Waals surface area contributed by atoms with Crippen LogP contribution in [0.25, 0.3) is 0 Å². The highest BCUT2D eigenvalue weighted by Gasteiger charge is 2.27. The van der Waals surface area contributed by atoms with E-state index in [1.54, 1.807) is 4.90 Å². The van der Waals surface area contributed by atoms with Crippen LogP contribution in [0.2, 0.25) is 0 Å². The zero-order valence-electron chi connectivity index (χ0n) is 11.5. The van der Waals surface area contributed by atoms with Crippen molar-refractivity contribution in [3.63, 3.8) is 0 Å². The SMILES string of the molecule is O=C(c1ccc2c(c1)CCCN2)N1CCOCC1CO. The van der Waals surface area contributed by atoms with E-state index in [9.17, 15) is 9.90 Å². The molecule has 2 aliphatic rings. The molecule has 0 radical (unpaired) electrons. The Balaban J connectivity index is 1.82. The molecule has 0 spiro atoms. The van der Waals surface area contributed by atoms with E-state index in [0.717, 1.165) is 25.1 Å². The average Bonchev–Trinajstić information content (AvgIpc) is 2.53. The van der Waals surface area contributed by atoms with Crippen LogP contribution in [0.3, 0.4) is 0 Å². The Hall–Kier alpha value is -1.59. The number of nitrogens with one attached hydrogen (secondary N) is 1. The van der Waals surface area contributed by atoms with Gasteiger partial charge in [-0.2, -0.15) is 0 Å². The quantitative estimate of drug-likeness (QED) is 0.841. The molecule has 1 saturated heterocycles. The first-order chi connectivity index (χ1) is 9.79. The van der Waals surface area contributed by atoms with Gasteiger partial charge in [0.2, 0.25) is 0 Å². The van der Waals surface area contributed by atoms with Crippen LogP contribution in [0.5, 0.6) is 0 Å². The number of hydrogen-bond acceptors (Lipinski definition) is 4. The van der Waals surface area contributed by atoms with Crippen molar-refractivity contribution in [3.05, 3.63) is 29.3 Å². The lowest BCUT2D eigenvalue weighted by molar-refractivity contribution is -0.0183. The number of benzene rings is 1. The molecule has 108 valence electrons. The van der Waals surface area contributed by atoms with Crippen molar-refractivity contribution in [1.82, 2.24) is 4.90 Å². The third-order valence-corrected chi connectivity index (χ3v) is 3.99. The number of hydrogen-bond donors (Lipinski definition) is 2. The molecule has 0 aliphatic carbocycles. The van der Waals surface area contributed by atoms with Crippen molar-refractivity contribution in [2.75, 3.05) is 38.2 Å². The summed E-state index contributed by atoms with van der Waals surface area (Å²) in [5, 5.41) is 12.7. The van der Waals surface area contributed by atoms with E-state index in [0.29, 0.717) is 25.3 Å². The second-order valence-electron chi connectivity index (χ2n) is 5.31. The molecular weight excluding hydrogens is 256 g/mol. The normalized spacial score (nSPS) is 22.1. The molecule has 5 heteroatoms. The van der Waals surface area contributed by atoms with Crippen molar-refractivity contribution in [2.45, 2.75) is 18.9 Å². The predicted octanol–water partition coefficient (Wildman–Crippen LogP) is 0.878.